The Morgan fingerprint density at radius 1 is 1.43 bits per heavy atom. The molecule has 2 N–H and O–H groups in total. The lowest BCUT2D eigenvalue weighted by Gasteiger charge is -1.98. The smallest absolute Gasteiger partial charge is 0.101 e. The van der Waals surface area contributed by atoms with Gasteiger partial charge < -0.3 is 5.73 Å². The molecule has 0 aliphatic carbocycles. The molecule has 70 valence electrons. The summed E-state index contributed by atoms with van der Waals surface area (Å²) in [5.41, 5.74) is 7.46. The topological polar surface area (TPSA) is 49.8 Å². The molecule has 0 atom stereocenters. The predicted molar refractivity (Wildman–Crippen MR) is 59.3 cm³/mol. The minimum Gasteiger partial charge on any atom is -0.330 e. The number of hydrogen-bond acceptors (Lipinski definition) is 3. The van der Waals surface area contributed by atoms with Gasteiger partial charge in [-0.25, -0.2) is 0 Å². The zero-order valence-corrected chi connectivity index (χ0v) is 8.47. The molecule has 0 saturated heterocycles. The van der Waals surface area contributed by atoms with Gasteiger partial charge in [-0.1, -0.05) is 6.07 Å². The van der Waals surface area contributed by atoms with Gasteiger partial charge in [-0.15, -0.1) is 11.3 Å². The Bertz CT molecular complexity index is 493. The van der Waals surface area contributed by atoms with Crippen molar-refractivity contribution in [1.82, 2.24) is 0 Å². The summed E-state index contributed by atoms with van der Waals surface area (Å²) >= 11 is 1.61. The van der Waals surface area contributed by atoms with Crippen molar-refractivity contribution in [2.75, 3.05) is 6.54 Å². The van der Waals surface area contributed by atoms with Crippen LogP contribution in [0.15, 0.2) is 23.6 Å². The fourth-order valence-corrected chi connectivity index (χ4v) is 2.35. The molecule has 0 radical (unpaired) electrons. The molecule has 0 unspecified atom stereocenters. The van der Waals surface area contributed by atoms with Gasteiger partial charge in [0, 0.05) is 15.5 Å². The van der Waals surface area contributed by atoms with E-state index in [9.17, 15) is 0 Å². The van der Waals surface area contributed by atoms with E-state index in [4.69, 9.17) is 11.0 Å². The van der Waals surface area contributed by atoms with Crippen LogP contribution in [0.2, 0.25) is 0 Å². The highest BCUT2D eigenvalue weighted by molar-refractivity contribution is 7.17. The first-order valence-corrected chi connectivity index (χ1v) is 5.33. The fourth-order valence-electron chi connectivity index (χ4n) is 1.49. The Labute approximate surface area is 86.6 Å². The van der Waals surface area contributed by atoms with Gasteiger partial charge in [-0.2, -0.15) is 5.26 Å². The molecule has 0 spiro atoms. The van der Waals surface area contributed by atoms with Crippen LogP contribution in [-0.4, -0.2) is 6.54 Å². The van der Waals surface area contributed by atoms with Crippen LogP contribution >= 0.6 is 11.3 Å². The van der Waals surface area contributed by atoms with E-state index in [0.717, 1.165) is 17.4 Å². The van der Waals surface area contributed by atoms with Crippen molar-refractivity contribution in [3.63, 3.8) is 0 Å². The Hall–Kier alpha value is -1.37. The highest BCUT2D eigenvalue weighted by Crippen LogP contribution is 2.26. The highest BCUT2D eigenvalue weighted by Gasteiger charge is 2.03. The van der Waals surface area contributed by atoms with Crippen molar-refractivity contribution in [3.05, 3.63) is 34.7 Å². The lowest BCUT2D eigenvalue weighted by molar-refractivity contribution is 0.971. The second kappa shape index (κ2) is 3.79. The molecular formula is C11H10N2S. The summed E-state index contributed by atoms with van der Waals surface area (Å²) in [6.07, 6.45) is 0.872. The molecule has 14 heavy (non-hydrogen) atoms. The SMILES string of the molecule is N#Cc1csc2ccc(CCN)cc12. The van der Waals surface area contributed by atoms with Crippen LogP contribution in [0.25, 0.3) is 10.1 Å². The van der Waals surface area contributed by atoms with E-state index in [1.807, 2.05) is 5.38 Å². The van der Waals surface area contributed by atoms with Crippen LogP contribution in [0.1, 0.15) is 11.1 Å². The van der Waals surface area contributed by atoms with E-state index >= 15 is 0 Å². The zero-order valence-electron chi connectivity index (χ0n) is 7.66. The monoisotopic (exact) mass is 202 g/mol. The number of nitrogens with two attached hydrogens (primary N) is 1. The van der Waals surface area contributed by atoms with Crippen molar-refractivity contribution in [1.29, 1.82) is 5.26 Å². The van der Waals surface area contributed by atoms with E-state index in [1.165, 1.54) is 10.3 Å². The third kappa shape index (κ3) is 1.50. The van der Waals surface area contributed by atoms with E-state index < -0.39 is 0 Å². The number of rotatable bonds is 2. The van der Waals surface area contributed by atoms with Crippen LogP contribution in [0.4, 0.5) is 0 Å². The predicted octanol–water partition coefficient (Wildman–Crippen LogP) is 2.27. The summed E-state index contributed by atoms with van der Waals surface area (Å²) in [4.78, 5) is 0. The molecule has 0 saturated carbocycles. The normalized spacial score (nSPS) is 10.3. The van der Waals surface area contributed by atoms with Gasteiger partial charge in [0.25, 0.3) is 0 Å². The first-order valence-electron chi connectivity index (χ1n) is 4.45. The standard InChI is InChI=1S/C11H10N2S/c12-4-3-8-1-2-11-10(5-8)9(6-13)7-14-11/h1-2,5,7H,3-4,12H2. The molecule has 0 aliphatic rings. The summed E-state index contributed by atoms with van der Waals surface area (Å²) in [5.74, 6) is 0. The molecule has 0 fully saturated rings. The minimum absolute atomic E-state index is 0.650. The summed E-state index contributed by atoms with van der Waals surface area (Å²) < 4.78 is 1.17. The number of nitriles is 1. The average molecular weight is 202 g/mol. The number of nitrogens with zero attached hydrogens (tertiary/aromatic N) is 1. The quantitative estimate of drug-likeness (QED) is 0.812. The molecule has 1 aromatic carbocycles. The van der Waals surface area contributed by atoms with Crippen LogP contribution < -0.4 is 5.73 Å². The van der Waals surface area contributed by atoms with Crippen LogP contribution in [0.5, 0.6) is 0 Å². The summed E-state index contributed by atoms with van der Waals surface area (Å²) in [7, 11) is 0. The zero-order chi connectivity index (χ0) is 9.97. The molecule has 2 nitrogen and oxygen atoms in total. The van der Waals surface area contributed by atoms with Gasteiger partial charge >= 0.3 is 0 Å². The molecule has 3 heteroatoms. The van der Waals surface area contributed by atoms with Crippen molar-refractivity contribution in [2.24, 2.45) is 5.73 Å². The molecule has 2 rings (SSSR count). The lowest BCUT2D eigenvalue weighted by atomic mass is 10.1. The molecule has 1 heterocycles. The first kappa shape index (κ1) is 9.20. The van der Waals surface area contributed by atoms with E-state index in [2.05, 4.69) is 24.3 Å². The maximum absolute atomic E-state index is 8.88. The molecule has 2 aromatic rings. The number of fused-ring (bicyclic) bond motifs is 1. The molecule has 1 aromatic heterocycles. The van der Waals surface area contributed by atoms with Crippen LogP contribution in [0.3, 0.4) is 0 Å². The van der Waals surface area contributed by atoms with E-state index in [0.29, 0.717) is 6.54 Å². The van der Waals surface area contributed by atoms with Crippen molar-refractivity contribution < 1.29 is 0 Å². The largest absolute Gasteiger partial charge is 0.330 e. The summed E-state index contributed by atoms with van der Waals surface area (Å²) in [6, 6.07) is 8.40. The van der Waals surface area contributed by atoms with Crippen molar-refractivity contribution in [2.45, 2.75) is 6.42 Å². The number of hydrogen-bond donors (Lipinski definition) is 1. The van der Waals surface area contributed by atoms with Crippen molar-refractivity contribution in [3.8, 4) is 6.07 Å². The second-order valence-corrected chi connectivity index (χ2v) is 4.04. The second-order valence-electron chi connectivity index (χ2n) is 3.13. The summed E-state index contributed by atoms with van der Waals surface area (Å²) in [6.45, 7) is 0.650. The van der Waals surface area contributed by atoms with Crippen molar-refractivity contribution >= 4 is 21.4 Å². The van der Waals surface area contributed by atoms with Gasteiger partial charge in [-0.3, -0.25) is 0 Å². The van der Waals surface area contributed by atoms with Gasteiger partial charge in [0.1, 0.15) is 6.07 Å². The van der Waals surface area contributed by atoms with E-state index in [-0.39, 0.29) is 0 Å². The number of benzene rings is 1. The average Bonchev–Trinajstić information content (AvgIpc) is 2.60. The summed E-state index contributed by atoms with van der Waals surface area (Å²) in [5, 5.41) is 11.8. The Balaban J connectivity index is 2.57. The fraction of sp³-hybridized carbons (Fsp3) is 0.182. The minimum atomic E-state index is 0.650. The third-order valence-electron chi connectivity index (χ3n) is 2.19. The lowest BCUT2D eigenvalue weighted by Crippen LogP contribution is -2.02. The third-order valence-corrected chi connectivity index (χ3v) is 3.15. The van der Waals surface area contributed by atoms with Gasteiger partial charge in [-0.05, 0) is 30.7 Å². The molecule has 0 bridgehead atoms. The van der Waals surface area contributed by atoms with Gasteiger partial charge in [0.05, 0.1) is 5.56 Å². The Morgan fingerprint density at radius 3 is 3.00 bits per heavy atom. The van der Waals surface area contributed by atoms with Crippen LogP contribution in [0, 0.1) is 11.3 Å². The first-order chi connectivity index (χ1) is 6.85. The molecule has 0 aliphatic heterocycles. The van der Waals surface area contributed by atoms with E-state index in [1.54, 1.807) is 11.3 Å². The molecule has 0 amide bonds. The Kier molecular flexibility index (Phi) is 2.49. The van der Waals surface area contributed by atoms with Crippen LogP contribution in [-0.2, 0) is 6.42 Å². The highest BCUT2D eigenvalue weighted by atomic mass is 32.1. The van der Waals surface area contributed by atoms with Gasteiger partial charge in [0.2, 0.25) is 0 Å². The maximum Gasteiger partial charge on any atom is 0.101 e. The maximum atomic E-state index is 8.88. The Morgan fingerprint density at radius 2 is 2.29 bits per heavy atom. The molecular weight excluding hydrogens is 192 g/mol. The number of thiophene rings is 1. The van der Waals surface area contributed by atoms with Gasteiger partial charge in [0.15, 0.2) is 0 Å².